The molecule has 0 aliphatic heterocycles. The molecule has 1 unspecified atom stereocenters. The lowest BCUT2D eigenvalue weighted by Crippen LogP contribution is -2.38. The van der Waals surface area contributed by atoms with Gasteiger partial charge in [-0.05, 0) is 12.8 Å². The highest BCUT2D eigenvalue weighted by Gasteiger charge is 2.20. The number of aliphatic hydroxyl groups excluding tert-OH is 1. The van der Waals surface area contributed by atoms with Crippen LogP contribution < -0.4 is 5.32 Å². The van der Waals surface area contributed by atoms with E-state index in [4.69, 9.17) is 0 Å². The second-order valence-corrected chi connectivity index (χ2v) is 2.66. The van der Waals surface area contributed by atoms with Crippen molar-refractivity contribution in [3.05, 3.63) is 7.05 Å². The summed E-state index contributed by atoms with van der Waals surface area (Å²) in [6, 6.07) is 0.249. The molecule has 1 aliphatic rings. The van der Waals surface area contributed by atoms with Crippen LogP contribution in [0.4, 0.5) is 0 Å². The first-order valence-corrected chi connectivity index (χ1v) is 3.55. The van der Waals surface area contributed by atoms with Crippen molar-refractivity contribution < 1.29 is 5.11 Å². The molecule has 0 spiro atoms. The summed E-state index contributed by atoms with van der Waals surface area (Å²) in [5, 5.41) is 12.1. The molecule has 0 heterocycles. The Kier molecular flexibility index (Phi) is 2.49. The summed E-state index contributed by atoms with van der Waals surface area (Å²) in [5.74, 6) is 0. The van der Waals surface area contributed by atoms with Crippen LogP contribution in [0.2, 0.25) is 0 Å². The molecule has 1 rings (SSSR count). The lowest BCUT2D eigenvalue weighted by molar-refractivity contribution is 0.0970. The Morgan fingerprint density at radius 1 is 1.33 bits per heavy atom. The molecule has 1 fully saturated rings. The third-order valence-corrected chi connectivity index (χ3v) is 1.99. The summed E-state index contributed by atoms with van der Waals surface area (Å²) in [7, 11) is 3.55. The van der Waals surface area contributed by atoms with Gasteiger partial charge in [0.1, 0.15) is 0 Å². The van der Waals surface area contributed by atoms with Crippen LogP contribution in [-0.4, -0.2) is 17.3 Å². The van der Waals surface area contributed by atoms with Crippen LogP contribution in [0.3, 0.4) is 0 Å². The average molecular weight is 128 g/mol. The highest BCUT2D eigenvalue weighted by molar-refractivity contribution is 4.79. The number of hydrogen-bond acceptors (Lipinski definition) is 2. The average Bonchev–Trinajstić information content (AvgIpc) is 1.89. The zero-order valence-corrected chi connectivity index (χ0v) is 5.64. The molecule has 2 N–H and O–H groups in total. The smallest absolute Gasteiger partial charge is 0.0693 e. The van der Waals surface area contributed by atoms with Crippen LogP contribution in [0.1, 0.15) is 25.7 Å². The largest absolute Gasteiger partial charge is 0.392 e. The molecule has 1 aliphatic carbocycles. The van der Waals surface area contributed by atoms with E-state index in [9.17, 15) is 5.11 Å². The third-order valence-electron chi connectivity index (χ3n) is 1.99. The molecule has 0 aromatic rings. The van der Waals surface area contributed by atoms with Crippen LogP contribution in [0.5, 0.6) is 0 Å². The molecule has 53 valence electrons. The minimum atomic E-state index is -0.156. The van der Waals surface area contributed by atoms with Crippen molar-refractivity contribution in [2.45, 2.75) is 37.8 Å². The molecule has 0 saturated heterocycles. The Morgan fingerprint density at radius 3 is 2.44 bits per heavy atom. The summed E-state index contributed by atoms with van der Waals surface area (Å²) in [6.45, 7) is 0. The van der Waals surface area contributed by atoms with Gasteiger partial charge in [-0.15, -0.1) is 0 Å². The first-order chi connectivity index (χ1) is 4.34. The molecule has 1 saturated carbocycles. The minimum absolute atomic E-state index is 0.156. The first kappa shape index (κ1) is 7.03. The van der Waals surface area contributed by atoms with Gasteiger partial charge in [0, 0.05) is 13.1 Å². The van der Waals surface area contributed by atoms with Gasteiger partial charge >= 0.3 is 0 Å². The second-order valence-electron chi connectivity index (χ2n) is 2.66. The molecular formula is C7H14NO. The van der Waals surface area contributed by atoms with Crippen LogP contribution in [0.15, 0.2) is 0 Å². The fourth-order valence-corrected chi connectivity index (χ4v) is 1.35. The molecular weight excluding hydrogens is 114 g/mol. The van der Waals surface area contributed by atoms with Crippen LogP contribution in [0.25, 0.3) is 0 Å². The fraction of sp³-hybridized carbons (Fsp3) is 0.857. The SMILES string of the molecule is [CH2]NC1CCCC[C@@H]1O. The summed E-state index contributed by atoms with van der Waals surface area (Å²) < 4.78 is 0. The van der Waals surface area contributed by atoms with Crippen LogP contribution in [0, 0.1) is 7.05 Å². The van der Waals surface area contributed by atoms with Gasteiger partial charge in [-0.2, -0.15) is 0 Å². The lowest BCUT2D eigenvalue weighted by Gasteiger charge is -2.26. The number of aliphatic hydroxyl groups is 1. The van der Waals surface area contributed by atoms with Gasteiger partial charge in [0.05, 0.1) is 6.10 Å². The molecule has 0 aromatic heterocycles. The Morgan fingerprint density at radius 2 is 2.00 bits per heavy atom. The molecule has 0 amide bonds. The normalized spacial score (nSPS) is 36.7. The fourth-order valence-electron chi connectivity index (χ4n) is 1.35. The maximum Gasteiger partial charge on any atom is 0.0693 e. The maximum absolute atomic E-state index is 9.27. The molecule has 1 radical (unpaired) electrons. The quantitative estimate of drug-likeness (QED) is 0.544. The van der Waals surface area contributed by atoms with E-state index in [1.165, 1.54) is 12.8 Å². The molecule has 2 atom stereocenters. The van der Waals surface area contributed by atoms with E-state index in [1.54, 1.807) is 0 Å². The topological polar surface area (TPSA) is 32.3 Å². The molecule has 2 heteroatoms. The van der Waals surface area contributed by atoms with Gasteiger partial charge in [0.2, 0.25) is 0 Å². The van der Waals surface area contributed by atoms with Gasteiger partial charge < -0.3 is 10.4 Å². The Bertz CT molecular complexity index is 85.0. The first-order valence-electron chi connectivity index (χ1n) is 3.55. The lowest BCUT2D eigenvalue weighted by atomic mass is 9.93. The van der Waals surface area contributed by atoms with Gasteiger partial charge in [0.25, 0.3) is 0 Å². The summed E-state index contributed by atoms with van der Waals surface area (Å²) in [4.78, 5) is 0. The van der Waals surface area contributed by atoms with E-state index in [2.05, 4.69) is 12.4 Å². The monoisotopic (exact) mass is 128 g/mol. The minimum Gasteiger partial charge on any atom is -0.392 e. The number of nitrogens with one attached hydrogen (secondary N) is 1. The van der Waals surface area contributed by atoms with Crippen LogP contribution in [-0.2, 0) is 0 Å². The number of hydrogen-bond donors (Lipinski definition) is 2. The highest BCUT2D eigenvalue weighted by Crippen LogP contribution is 2.17. The Balaban J connectivity index is 2.30. The number of rotatable bonds is 1. The van der Waals surface area contributed by atoms with E-state index >= 15 is 0 Å². The molecule has 9 heavy (non-hydrogen) atoms. The Hall–Kier alpha value is -0.0800. The predicted octanol–water partition coefficient (Wildman–Crippen LogP) is 0.671. The third kappa shape index (κ3) is 1.66. The zero-order chi connectivity index (χ0) is 6.69. The standard InChI is InChI=1S/C7H14NO/c1-8-6-4-2-3-5-7(6)9/h6-9H,1-5H2/t6?,7-/m0/s1. The van der Waals surface area contributed by atoms with Crippen molar-refractivity contribution in [1.82, 2.24) is 5.32 Å². The van der Waals surface area contributed by atoms with Gasteiger partial charge in [-0.3, -0.25) is 0 Å². The van der Waals surface area contributed by atoms with E-state index in [0.29, 0.717) is 0 Å². The highest BCUT2D eigenvalue weighted by atomic mass is 16.3. The van der Waals surface area contributed by atoms with E-state index < -0.39 is 0 Å². The van der Waals surface area contributed by atoms with E-state index in [1.807, 2.05) is 0 Å². The predicted molar refractivity (Wildman–Crippen MR) is 36.8 cm³/mol. The molecule has 0 bridgehead atoms. The molecule has 2 nitrogen and oxygen atoms in total. The van der Waals surface area contributed by atoms with Gasteiger partial charge in [0.15, 0.2) is 0 Å². The van der Waals surface area contributed by atoms with Gasteiger partial charge in [-0.1, -0.05) is 12.8 Å². The summed E-state index contributed by atoms with van der Waals surface area (Å²) in [5.41, 5.74) is 0. The van der Waals surface area contributed by atoms with Crippen LogP contribution >= 0.6 is 0 Å². The van der Waals surface area contributed by atoms with Crippen molar-refractivity contribution in [2.75, 3.05) is 0 Å². The second kappa shape index (κ2) is 3.18. The van der Waals surface area contributed by atoms with Gasteiger partial charge in [-0.25, -0.2) is 0 Å². The van der Waals surface area contributed by atoms with E-state index in [-0.39, 0.29) is 12.1 Å². The van der Waals surface area contributed by atoms with Crippen molar-refractivity contribution in [3.8, 4) is 0 Å². The maximum atomic E-state index is 9.27. The summed E-state index contributed by atoms with van der Waals surface area (Å²) in [6.07, 6.45) is 4.25. The van der Waals surface area contributed by atoms with Crippen molar-refractivity contribution in [3.63, 3.8) is 0 Å². The van der Waals surface area contributed by atoms with Crippen molar-refractivity contribution >= 4 is 0 Å². The summed E-state index contributed by atoms with van der Waals surface area (Å²) >= 11 is 0. The van der Waals surface area contributed by atoms with E-state index in [0.717, 1.165) is 12.8 Å². The van der Waals surface area contributed by atoms with Crippen molar-refractivity contribution in [1.29, 1.82) is 0 Å². The zero-order valence-electron chi connectivity index (χ0n) is 5.64. The Labute approximate surface area is 56.3 Å². The van der Waals surface area contributed by atoms with Crippen molar-refractivity contribution in [2.24, 2.45) is 0 Å². The molecule has 0 aromatic carbocycles.